The lowest BCUT2D eigenvalue weighted by Gasteiger charge is -2.41. The van der Waals surface area contributed by atoms with Crippen LogP contribution >= 0.6 is 0 Å². The molecule has 0 radical (unpaired) electrons. The van der Waals surface area contributed by atoms with Crippen LogP contribution in [0.5, 0.6) is 0 Å². The van der Waals surface area contributed by atoms with Crippen LogP contribution in [0.2, 0.25) is 0 Å². The molecule has 7 heteroatoms. The van der Waals surface area contributed by atoms with Gasteiger partial charge in [-0.25, -0.2) is 0 Å². The number of aromatic nitrogens is 4. The average molecular weight is 407 g/mol. The van der Waals surface area contributed by atoms with E-state index >= 15 is 0 Å². The van der Waals surface area contributed by atoms with Crippen LogP contribution in [-0.4, -0.2) is 56.5 Å². The Morgan fingerprint density at radius 2 is 2.00 bits per heavy atom. The van der Waals surface area contributed by atoms with Crippen molar-refractivity contribution in [1.29, 1.82) is 0 Å². The summed E-state index contributed by atoms with van der Waals surface area (Å²) >= 11 is 0. The normalized spacial score (nSPS) is 22.9. The van der Waals surface area contributed by atoms with Gasteiger partial charge in [0.25, 0.3) is 5.91 Å². The Bertz CT molecular complexity index is 1040. The second-order valence-electron chi connectivity index (χ2n) is 9.25. The van der Waals surface area contributed by atoms with Crippen LogP contribution in [0, 0.1) is 11.8 Å². The molecule has 2 aromatic heterocycles. The molecule has 1 aromatic carbocycles. The van der Waals surface area contributed by atoms with Crippen LogP contribution in [0.25, 0.3) is 22.0 Å². The summed E-state index contributed by atoms with van der Waals surface area (Å²) in [5.74, 6) is 1.56. The first-order chi connectivity index (χ1) is 14.5. The highest BCUT2D eigenvalue weighted by Crippen LogP contribution is 2.29. The quantitative estimate of drug-likeness (QED) is 0.682. The third-order valence-corrected chi connectivity index (χ3v) is 6.65. The maximum atomic E-state index is 13.0. The smallest absolute Gasteiger partial charge is 0.272 e. The predicted molar refractivity (Wildman–Crippen MR) is 117 cm³/mol. The SMILES string of the molecule is CC1CN(CC2CCC(NC(=O)c3n[nH]c4ccc(-c5cnn(C)c5)cc34)CC2)C1. The molecule has 1 amide bonds. The van der Waals surface area contributed by atoms with E-state index in [9.17, 15) is 4.79 Å². The Kier molecular flexibility index (Phi) is 5.06. The van der Waals surface area contributed by atoms with Gasteiger partial charge in [0.15, 0.2) is 5.69 Å². The van der Waals surface area contributed by atoms with E-state index in [1.54, 1.807) is 4.68 Å². The van der Waals surface area contributed by atoms with Crippen molar-refractivity contribution < 1.29 is 4.79 Å². The van der Waals surface area contributed by atoms with Gasteiger partial charge in [0, 0.05) is 49.9 Å². The highest BCUT2D eigenvalue weighted by atomic mass is 16.2. The minimum absolute atomic E-state index is 0.0791. The highest BCUT2D eigenvalue weighted by Gasteiger charge is 2.29. The number of hydrogen-bond acceptors (Lipinski definition) is 4. The van der Waals surface area contributed by atoms with Crippen molar-refractivity contribution in [2.24, 2.45) is 18.9 Å². The largest absolute Gasteiger partial charge is 0.348 e. The van der Waals surface area contributed by atoms with Crippen LogP contribution < -0.4 is 5.32 Å². The second-order valence-corrected chi connectivity index (χ2v) is 9.25. The number of fused-ring (bicyclic) bond motifs is 1. The second kappa shape index (κ2) is 7.87. The number of aromatic amines is 1. The van der Waals surface area contributed by atoms with Crippen molar-refractivity contribution in [1.82, 2.24) is 30.2 Å². The fourth-order valence-corrected chi connectivity index (χ4v) is 5.02. The molecule has 3 heterocycles. The fourth-order valence-electron chi connectivity index (χ4n) is 5.02. The number of benzene rings is 1. The molecule has 2 fully saturated rings. The summed E-state index contributed by atoms with van der Waals surface area (Å²) in [6.07, 6.45) is 8.32. The molecule has 3 aromatic rings. The number of nitrogens with zero attached hydrogens (tertiary/aromatic N) is 4. The standard InChI is InChI=1S/C23H30N6O/c1-15-11-29(12-15)13-16-3-6-19(7-4-16)25-23(30)22-20-9-17(5-8-21(20)26-27-22)18-10-24-28(2)14-18/h5,8-10,14-16,19H,3-4,6-7,11-13H2,1-2H3,(H,25,30)(H,26,27). The van der Waals surface area contributed by atoms with Crippen molar-refractivity contribution in [3.8, 4) is 11.1 Å². The Balaban J connectivity index is 1.23. The van der Waals surface area contributed by atoms with Gasteiger partial charge in [0.1, 0.15) is 0 Å². The summed E-state index contributed by atoms with van der Waals surface area (Å²) in [4.78, 5) is 15.5. The van der Waals surface area contributed by atoms with Gasteiger partial charge in [-0.1, -0.05) is 13.0 Å². The lowest BCUT2D eigenvalue weighted by molar-refractivity contribution is 0.0772. The molecule has 0 atom stereocenters. The summed E-state index contributed by atoms with van der Waals surface area (Å²) in [6, 6.07) is 6.27. The number of likely N-dealkylation sites (tertiary alicyclic amines) is 1. The zero-order valence-electron chi connectivity index (χ0n) is 17.8. The van der Waals surface area contributed by atoms with Gasteiger partial charge in [-0.15, -0.1) is 0 Å². The average Bonchev–Trinajstić information content (AvgIpc) is 3.34. The van der Waals surface area contributed by atoms with E-state index in [-0.39, 0.29) is 11.9 Å². The summed E-state index contributed by atoms with van der Waals surface area (Å²) in [6.45, 7) is 6.06. The minimum atomic E-state index is -0.0791. The van der Waals surface area contributed by atoms with Gasteiger partial charge >= 0.3 is 0 Å². The van der Waals surface area contributed by atoms with Gasteiger partial charge in [0.05, 0.1) is 11.7 Å². The van der Waals surface area contributed by atoms with Crippen molar-refractivity contribution in [3.63, 3.8) is 0 Å². The van der Waals surface area contributed by atoms with Crippen LogP contribution in [0.4, 0.5) is 0 Å². The van der Waals surface area contributed by atoms with E-state index in [1.807, 2.05) is 37.6 Å². The Labute approximate surface area is 176 Å². The lowest BCUT2D eigenvalue weighted by Crippen LogP contribution is -2.48. The van der Waals surface area contributed by atoms with Crippen LogP contribution in [0.1, 0.15) is 43.1 Å². The van der Waals surface area contributed by atoms with E-state index in [2.05, 4.69) is 32.4 Å². The molecule has 1 saturated carbocycles. The number of hydrogen-bond donors (Lipinski definition) is 2. The van der Waals surface area contributed by atoms with Gasteiger partial charge < -0.3 is 10.2 Å². The summed E-state index contributed by atoms with van der Waals surface area (Å²) in [5, 5.41) is 15.6. The maximum Gasteiger partial charge on any atom is 0.272 e. The Morgan fingerprint density at radius 1 is 1.20 bits per heavy atom. The molecule has 1 aliphatic carbocycles. The van der Waals surface area contributed by atoms with Crippen LogP contribution in [0.3, 0.4) is 0 Å². The first-order valence-corrected chi connectivity index (χ1v) is 11.1. The number of rotatable bonds is 5. The van der Waals surface area contributed by atoms with E-state index in [4.69, 9.17) is 0 Å². The molecular weight excluding hydrogens is 376 g/mol. The summed E-state index contributed by atoms with van der Waals surface area (Å²) in [5.41, 5.74) is 3.42. The van der Waals surface area contributed by atoms with Crippen LogP contribution in [0.15, 0.2) is 30.6 Å². The number of carbonyl (C=O) groups is 1. The van der Waals surface area contributed by atoms with Gasteiger partial charge in [-0.3, -0.25) is 14.6 Å². The fraction of sp³-hybridized carbons (Fsp3) is 0.522. The Hall–Kier alpha value is -2.67. The topological polar surface area (TPSA) is 78.8 Å². The molecule has 2 aliphatic rings. The molecule has 7 nitrogen and oxygen atoms in total. The molecule has 0 unspecified atom stereocenters. The number of nitrogens with one attached hydrogen (secondary N) is 2. The third kappa shape index (κ3) is 3.86. The van der Waals surface area contributed by atoms with E-state index in [1.165, 1.54) is 32.5 Å². The first kappa shape index (κ1) is 19.3. The van der Waals surface area contributed by atoms with Crippen molar-refractivity contribution >= 4 is 16.8 Å². The zero-order chi connectivity index (χ0) is 20.7. The van der Waals surface area contributed by atoms with Crippen molar-refractivity contribution in [3.05, 3.63) is 36.3 Å². The van der Waals surface area contributed by atoms with Gasteiger partial charge in [0.2, 0.25) is 0 Å². The number of carbonyl (C=O) groups excluding carboxylic acids is 1. The number of aryl methyl sites for hydroxylation is 1. The van der Waals surface area contributed by atoms with Crippen LogP contribution in [-0.2, 0) is 7.05 Å². The minimum Gasteiger partial charge on any atom is -0.348 e. The van der Waals surface area contributed by atoms with Gasteiger partial charge in [-0.05, 0) is 55.2 Å². The summed E-state index contributed by atoms with van der Waals surface area (Å²) in [7, 11) is 1.90. The predicted octanol–water partition coefficient (Wildman–Crippen LogP) is 3.20. The highest BCUT2D eigenvalue weighted by molar-refractivity contribution is 6.05. The molecule has 1 saturated heterocycles. The van der Waals surface area contributed by atoms with Crippen molar-refractivity contribution in [2.75, 3.05) is 19.6 Å². The lowest BCUT2D eigenvalue weighted by atomic mass is 9.84. The monoisotopic (exact) mass is 406 g/mol. The number of amides is 1. The zero-order valence-corrected chi connectivity index (χ0v) is 17.8. The maximum absolute atomic E-state index is 13.0. The number of H-pyrrole nitrogens is 1. The van der Waals surface area contributed by atoms with E-state index in [0.29, 0.717) is 5.69 Å². The molecule has 5 rings (SSSR count). The summed E-state index contributed by atoms with van der Waals surface area (Å²) < 4.78 is 1.78. The Morgan fingerprint density at radius 3 is 2.70 bits per heavy atom. The van der Waals surface area contributed by atoms with Crippen molar-refractivity contribution in [2.45, 2.75) is 38.6 Å². The third-order valence-electron chi connectivity index (χ3n) is 6.65. The van der Waals surface area contributed by atoms with Gasteiger partial charge in [-0.2, -0.15) is 10.2 Å². The molecule has 0 spiro atoms. The molecule has 0 bridgehead atoms. The van der Waals surface area contributed by atoms with E-state index in [0.717, 1.165) is 46.7 Å². The molecule has 2 N–H and O–H groups in total. The molecule has 30 heavy (non-hydrogen) atoms. The first-order valence-electron chi connectivity index (χ1n) is 11.1. The van der Waals surface area contributed by atoms with E-state index < -0.39 is 0 Å². The molecule has 1 aliphatic heterocycles. The molecule has 158 valence electrons. The molecular formula is C23H30N6O.